The quantitative estimate of drug-likeness (QED) is 0.805. The van der Waals surface area contributed by atoms with Gasteiger partial charge in [0.05, 0.1) is 6.61 Å². The number of halogens is 1. The molecule has 0 fully saturated rings. The van der Waals surface area contributed by atoms with Gasteiger partial charge >= 0.3 is 0 Å². The van der Waals surface area contributed by atoms with E-state index in [-0.39, 0.29) is 22.4 Å². The smallest absolute Gasteiger partial charge is 0.135 e. The van der Waals surface area contributed by atoms with E-state index in [1.807, 2.05) is 6.07 Å². The Bertz CT molecular complexity index is 423. The van der Waals surface area contributed by atoms with Gasteiger partial charge in [0, 0.05) is 30.9 Å². The molecule has 1 aromatic rings. The van der Waals surface area contributed by atoms with Crippen molar-refractivity contribution in [2.45, 2.75) is 19.9 Å². The highest BCUT2D eigenvalue weighted by atomic mass is 32.1. The molecule has 1 aromatic carbocycles. The average Bonchev–Trinajstić information content (AvgIpc) is 2.28. The lowest BCUT2D eigenvalue weighted by atomic mass is 10.1. The predicted molar refractivity (Wildman–Crippen MR) is 76.6 cm³/mol. The highest BCUT2D eigenvalue weighted by molar-refractivity contribution is 7.80. The largest absolute Gasteiger partial charge is 0.389 e. The second-order valence-electron chi connectivity index (χ2n) is 4.31. The summed E-state index contributed by atoms with van der Waals surface area (Å²) in [6.45, 7) is 5.40. The van der Waals surface area contributed by atoms with Crippen LogP contribution in [-0.4, -0.2) is 31.3 Å². The van der Waals surface area contributed by atoms with Gasteiger partial charge in [-0.1, -0.05) is 12.2 Å². The molecule has 2 N–H and O–H groups in total. The van der Waals surface area contributed by atoms with Crippen LogP contribution in [0.4, 0.5) is 10.1 Å². The lowest BCUT2D eigenvalue weighted by molar-refractivity contribution is 0.204. The first-order valence-electron chi connectivity index (χ1n) is 5.82. The predicted octanol–water partition coefficient (Wildman–Crippen LogP) is 2.32. The summed E-state index contributed by atoms with van der Waals surface area (Å²) in [5.41, 5.74) is 6.53. The lowest BCUT2D eigenvalue weighted by Gasteiger charge is -2.29. The van der Waals surface area contributed by atoms with Crippen molar-refractivity contribution in [2.24, 2.45) is 5.73 Å². The summed E-state index contributed by atoms with van der Waals surface area (Å²) in [4.78, 5) is 2.14. The number of anilines is 1. The maximum atomic E-state index is 13.8. The average molecular weight is 270 g/mol. The molecule has 0 heterocycles. The fourth-order valence-corrected chi connectivity index (χ4v) is 1.92. The second-order valence-corrected chi connectivity index (χ2v) is 4.75. The number of hydrogen-bond acceptors (Lipinski definition) is 3. The number of hydrogen-bond donors (Lipinski definition) is 1. The minimum atomic E-state index is -0.386. The third-order valence-corrected chi connectivity index (χ3v) is 2.93. The zero-order valence-corrected chi connectivity index (χ0v) is 11.8. The van der Waals surface area contributed by atoms with Crippen LogP contribution in [0, 0.1) is 5.82 Å². The Balaban J connectivity index is 2.99. The van der Waals surface area contributed by atoms with Crippen molar-refractivity contribution in [3.8, 4) is 0 Å². The molecule has 0 atom stereocenters. The maximum Gasteiger partial charge on any atom is 0.135 e. The van der Waals surface area contributed by atoms with Crippen molar-refractivity contribution in [3.63, 3.8) is 0 Å². The van der Waals surface area contributed by atoms with Crippen LogP contribution in [0.5, 0.6) is 0 Å². The van der Waals surface area contributed by atoms with E-state index in [0.717, 1.165) is 5.69 Å². The van der Waals surface area contributed by atoms with Crippen LogP contribution < -0.4 is 10.6 Å². The monoisotopic (exact) mass is 270 g/mol. The van der Waals surface area contributed by atoms with E-state index in [1.54, 1.807) is 13.2 Å². The van der Waals surface area contributed by atoms with Gasteiger partial charge in [0.15, 0.2) is 0 Å². The van der Waals surface area contributed by atoms with Crippen LogP contribution in [0.3, 0.4) is 0 Å². The molecule has 0 spiro atoms. The van der Waals surface area contributed by atoms with Gasteiger partial charge in [0.25, 0.3) is 0 Å². The van der Waals surface area contributed by atoms with Gasteiger partial charge in [-0.3, -0.25) is 0 Å². The summed E-state index contributed by atoms with van der Waals surface area (Å²) in [5, 5.41) is 0. The molecule has 100 valence electrons. The number of thiocarbonyl (C=S) groups is 1. The molecule has 0 radical (unpaired) electrons. The molecule has 0 aromatic heterocycles. The zero-order chi connectivity index (χ0) is 13.7. The molecule has 18 heavy (non-hydrogen) atoms. The Labute approximate surface area is 113 Å². The fourth-order valence-electron chi connectivity index (χ4n) is 1.76. The number of nitrogens with zero attached hydrogens (tertiary/aromatic N) is 1. The summed E-state index contributed by atoms with van der Waals surface area (Å²) < 4.78 is 18.9. The minimum absolute atomic E-state index is 0.0760. The molecule has 5 heteroatoms. The summed E-state index contributed by atoms with van der Waals surface area (Å²) in [6, 6.07) is 5.17. The SMILES string of the molecule is COCCN(c1ccc(C(N)=S)c(F)c1)C(C)C. The third-order valence-electron chi connectivity index (χ3n) is 2.71. The summed E-state index contributed by atoms with van der Waals surface area (Å²) in [7, 11) is 1.65. The Kier molecular flexibility index (Phi) is 5.50. The van der Waals surface area contributed by atoms with E-state index in [2.05, 4.69) is 18.7 Å². The second kappa shape index (κ2) is 6.66. The molecule has 0 aliphatic rings. The normalized spacial score (nSPS) is 10.7. The van der Waals surface area contributed by atoms with Crippen LogP contribution in [0.1, 0.15) is 19.4 Å². The van der Waals surface area contributed by atoms with Gasteiger partial charge in [-0.15, -0.1) is 0 Å². The van der Waals surface area contributed by atoms with Gasteiger partial charge in [0.2, 0.25) is 0 Å². The number of methoxy groups -OCH3 is 1. The van der Waals surface area contributed by atoms with Gasteiger partial charge in [-0.25, -0.2) is 4.39 Å². The number of benzene rings is 1. The van der Waals surface area contributed by atoms with Crippen molar-refractivity contribution in [3.05, 3.63) is 29.6 Å². The van der Waals surface area contributed by atoms with Gasteiger partial charge in [-0.2, -0.15) is 0 Å². The first-order valence-corrected chi connectivity index (χ1v) is 6.23. The highest BCUT2D eigenvalue weighted by Gasteiger charge is 2.13. The molecular weight excluding hydrogens is 251 g/mol. The third kappa shape index (κ3) is 3.65. The molecule has 0 amide bonds. The molecule has 0 aliphatic heterocycles. The van der Waals surface area contributed by atoms with E-state index in [4.69, 9.17) is 22.7 Å². The van der Waals surface area contributed by atoms with Crippen LogP contribution in [0.15, 0.2) is 18.2 Å². The first-order chi connectivity index (χ1) is 8.47. The molecule has 0 unspecified atom stereocenters. The van der Waals surface area contributed by atoms with Gasteiger partial charge in [-0.05, 0) is 32.0 Å². The van der Waals surface area contributed by atoms with E-state index in [1.165, 1.54) is 6.07 Å². The van der Waals surface area contributed by atoms with Crippen molar-refractivity contribution in [1.29, 1.82) is 0 Å². The zero-order valence-electron chi connectivity index (χ0n) is 10.9. The molecule has 0 saturated carbocycles. The maximum absolute atomic E-state index is 13.8. The first kappa shape index (κ1) is 14.9. The summed E-state index contributed by atoms with van der Waals surface area (Å²) >= 11 is 4.78. The van der Waals surface area contributed by atoms with Crippen molar-refractivity contribution >= 4 is 22.9 Å². The molecule has 0 saturated heterocycles. The molecule has 0 aliphatic carbocycles. The minimum Gasteiger partial charge on any atom is -0.389 e. The van der Waals surface area contributed by atoms with Crippen LogP contribution in [0.25, 0.3) is 0 Å². The van der Waals surface area contributed by atoms with Crippen molar-refractivity contribution in [1.82, 2.24) is 0 Å². The molecule has 3 nitrogen and oxygen atoms in total. The summed E-state index contributed by atoms with van der Waals surface area (Å²) in [6.07, 6.45) is 0. The van der Waals surface area contributed by atoms with E-state index < -0.39 is 0 Å². The topological polar surface area (TPSA) is 38.5 Å². The molecule has 0 bridgehead atoms. The molecular formula is C13H19FN2OS. The van der Waals surface area contributed by atoms with Crippen molar-refractivity contribution < 1.29 is 9.13 Å². The number of nitrogens with two attached hydrogens (primary N) is 1. The fraction of sp³-hybridized carbons (Fsp3) is 0.462. The van der Waals surface area contributed by atoms with E-state index in [0.29, 0.717) is 13.2 Å². The van der Waals surface area contributed by atoms with E-state index in [9.17, 15) is 4.39 Å². The number of rotatable bonds is 6. The number of ether oxygens (including phenoxy) is 1. The van der Waals surface area contributed by atoms with Crippen molar-refractivity contribution in [2.75, 3.05) is 25.2 Å². The van der Waals surface area contributed by atoms with Gasteiger partial charge in [0.1, 0.15) is 10.8 Å². The van der Waals surface area contributed by atoms with Crippen LogP contribution >= 0.6 is 12.2 Å². The summed E-state index contributed by atoms with van der Waals surface area (Å²) in [5.74, 6) is -0.386. The van der Waals surface area contributed by atoms with Crippen LogP contribution in [-0.2, 0) is 4.74 Å². The Morgan fingerprint density at radius 1 is 1.50 bits per heavy atom. The Morgan fingerprint density at radius 2 is 2.17 bits per heavy atom. The Morgan fingerprint density at radius 3 is 2.61 bits per heavy atom. The van der Waals surface area contributed by atoms with E-state index >= 15 is 0 Å². The van der Waals surface area contributed by atoms with Crippen LogP contribution in [0.2, 0.25) is 0 Å². The standard InChI is InChI=1S/C13H19FN2OS/c1-9(2)16(6-7-17-3)10-4-5-11(13(15)18)12(14)8-10/h4-5,8-9H,6-7H2,1-3H3,(H2,15,18). The Hall–Kier alpha value is -1.20. The highest BCUT2D eigenvalue weighted by Crippen LogP contribution is 2.20. The lowest BCUT2D eigenvalue weighted by Crippen LogP contribution is -2.34. The van der Waals surface area contributed by atoms with Gasteiger partial charge < -0.3 is 15.4 Å². The molecule has 1 rings (SSSR count).